The minimum atomic E-state index is -0.534. The van der Waals surface area contributed by atoms with Crippen LogP contribution in [0.2, 0.25) is 0 Å². The number of fused-ring (bicyclic) bond motifs is 1. The van der Waals surface area contributed by atoms with E-state index in [1.54, 1.807) is 6.07 Å². The summed E-state index contributed by atoms with van der Waals surface area (Å²) in [5, 5.41) is 24.7. The first-order valence-corrected chi connectivity index (χ1v) is 4.96. The van der Waals surface area contributed by atoms with Crippen molar-refractivity contribution >= 4 is 22.8 Å². The van der Waals surface area contributed by atoms with Gasteiger partial charge in [0.15, 0.2) is 5.75 Å². The van der Waals surface area contributed by atoms with Gasteiger partial charge in [0.25, 0.3) is 5.69 Å². The van der Waals surface area contributed by atoms with E-state index in [-0.39, 0.29) is 27.9 Å². The highest BCUT2D eigenvalue weighted by atomic mass is 16.6. The van der Waals surface area contributed by atoms with Gasteiger partial charge in [-0.05, 0) is 12.1 Å². The highest BCUT2D eigenvalue weighted by Gasteiger charge is 2.18. The van der Waals surface area contributed by atoms with Crippen LogP contribution in [0.15, 0.2) is 29.6 Å². The predicted octanol–water partition coefficient (Wildman–Crippen LogP) is 1.83. The number of aromatic nitrogens is 1. The van der Waals surface area contributed by atoms with Crippen LogP contribution in [-0.4, -0.2) is 28.3 Å². The monoisotopic (exact) mass is 247 g/mol. The molecule has 7 heteroatoms. The molecule has 0 spiro atoms. The summed E-state index contributed by atoms with van der Waals surface area (Å²) >= 11 is 0. The third kappa shape index (κ3) is 1.93. The summed E-state index contributed by atoms with van der Waals surface area (Å²) in [6, 6.07) is 4.32. The van der Waals surface area contributed by atoms with Gasteiger partial charge in [-0.2, -0.15) is 0 Å². The van der Waals surface area contributed by atoms with E-state index in [0.29, 0.717) is 0 Å². The van der Waals surface area contributed by atoms with Crippen LogP contribution in [0, 0.1) is 10.1 Å². The van der Waals surface area contributed by atoms with Crippen molar-refractivity contribution in [2.45, 2.75) is 0 Å². The molecule has 7 nitrogen and oxygen atoms in total. The molecule has 0 radical (unpaired) electrons. The maximum Gasteiger partial charge on any atom is 0.279 e. The second-order valence-corrected chi connectivity index (χ2v) is 3.41. The summed E-state index contributed by atoms with van der Waals surface area (Å²) in [4.78, 5) is 18.9. The van der Waals surface area contributed by atoms with E-state index in [4.69, 9.17) is 0 Å². The van der Waals surface area contributed by atoms with Crippen molar-refractivity contribution in [2.24, 2.45) is 5.16 Å². The Morgan fingerprint density at radius 1 is 1.61 bits per heavy atom. The maximum atomic E-state index is 11.0. The SMILES string of the molecule is CO/N=C/c1cc([N+](=O)[O-])c2cccnc2c1O. The van der Waals surface area contributed by atoms with Crippen LogP contribution in [0.3, 0.4) is 0 Å². The fourth-order valence-corrected chi connectivity index (χ4v) is 1.59. The van der Waals surface area contributed by atoms with Gasteiger partial charge in [0.2, 0.25) is 0 Å². The van der Waals surface area contributed by atoms with E-state index in [1.165, 1.54) is 31.7 Å². The zero-order valence-corrected chi connectivity index (χ0v) is 9.40. The Bertz CT molecular complexity index is 639. The Morgan fingerprint density at radius 2 is 2.39 bits per heavy atom. The molecule has 0 aliphatic carbocycles. The van der Waals surface area contributed by atoms with Crippen molar-refractivity contribution in [3.05, 3.63) is 40.1 Å². The average molecular weight is 247 g/mol. The van der Waals surface area contributed by atoms with Crippen molar-refractivity contribution in [3.63, 3.8) is 0 Å². The normalized spacial score (nSPS) is 10.9. The van der Waals surface area contributed by atoms with Crippen LogP contribution >= 0.6 is 0 Å². The molecule has 1 heterocycles. The van der Waals surface area contributed by atoms with E-state index < -0.39 is 4.92 Å². The smallest absolute Gasteiger partial charge is 0.279 e. The molecule has 0 fully saturated rings. The van der Waals surface area contributed by atoms with Gasteiger partial charge in [0.1, 0.15) is 12.6 Å². The van der Waals surface area contributed by atoms with Gasteiger partial charge >= 0.3 is 0 Å². The van der Waals surface area contributed by atoms with Crippen molar-refractivity contribution in [1.29, 1.82) is 0 Å². The molecule has 92 valence electrons. The number of aromatic hydroxyl groups is 1. The minimum absolute atomic E-state index is 0.145. The number of hydrogen-bond acceptors (Lipinski definition) is 6. The molecular weight excluding hydrogens is 238 g/mol. The summed E-state index contributed by atoms with van der Waals surface area (Å²) in [7, 11) is 1.33. The van der Waals surface area contributed by atoms with Crippen LogP contribution in [0.5, 0.6) is 5.75 Å². The van der Waals surface area contributed by atoms with Gasteiger partial charge in [-0.15, -0.1) is 0 Å². The number of nitro benzene ring substituents is 1. The molecule has 2 aromatic rings. The van der Waals surface area contributed by atoms with Crippen molar-refractivity contribution in [2.75, 3.05) is 7.11 Å². The lowest BCUT2D eigenvalue weighted by molar-refractivity contribution is -0.383. The Hall–Kier alpha value is -2.70. The number of rotatable bonds is 3. The summed E-state index contributed by atoms with van der Waals surface area (Å²) in [6.45, 7) is 0. The first-order valence-electron chi connectivity index (χ1n) is 4.96. The number of pyridine rings is 1. The number of non-ortho nitro benzene ring substituents is 1. The van der Waals surface area contributed by atoms with E-state index in [2.05, 4.69) is 15.0 Å². The van der Waals surface area contributed by atoms with Crippen LogP contribution in [-0.2, 0) is 4.84 Å². The molecule has 0 saturated heterocycles. The second-order valence-electron chi connectivity index (χ2n) is 3.41. The van der Waals surface area contributed by atoms with Gasteiger partial charge in [0, 0.05) is 17.8 Å². The maximum absolute atomic E-state index is 11.0. The number of phenols is 1. The van der Waals surface area contributed by atoms with Gasteiger partial charge in [0.05, 0.1) is 16.5 Å². The lowest BCUT2D eigenvalue weighted by Crippen LogP contribution is -1.95. The Morgan fingerprint density at radius 3 is 3.06 bits per heavy atom. The zero-order valence-electron chi connectivity index (χ0n) is 9.40. The zero-order chi connectivity index (χ0) is 13.1. The summed E-state index contributed by atoms with van der Waals surface area (Å²) in [5.74, 6) is -0.169. The van der Waals surface area contributed by atoms with Crippen LogP contribution in [0.4, 0.5) is 5.69 Å². The molecule has 18 heavy (non-hydrogen) atoms. The highest BCUT2D eigenvalue weighted by molar-refractivity contribution is 5.99. The molecule has 0 saturated carbocycles. The quantitative estimate of drug-likeness (QED) is 0.506. The lowest BCUT2D eigenvalue weighted by Gasteiger charge is -2.04. The number of nitro groups is 1. The second kappa shape index (κ2) is 4.66. The van der Waals surface area contributed by atoms with E-state index in [0.717, 1.165) is 0 Å². The number of nitrogens with zero attached hydrogens (tertiary/aromatic N) is 3. The first kappa shape index (κ1) is 11.8. The Kier molecular flexibility index (Phi) is 3.05. The summed E-state index contributed by atoms with van der Waals surface area (Å²) in [6.07, 6.45) is 2.64. The molecular formula is C11H9N3O4. The van der Waals surface area contributed by atoms with Crippen molar-refractivity contribution < 1.29 is 14.9 Å². The molecule has 2 rings (SSSR count). The standard InChI is InChI=1S/C11H9N3O4/c1-18-13-6-7-5-9(14(16)17)8-3-2-4-12-10(8)11(7)15/h2-6,15H,1H3/b13-6+. The fraction of sp³-hybridized carbons (Fsp3) is 0.0909. The van der Waals surface area contributed by atoms with E-state index >= 15 is 0 Å². The van der Waals surface area contributed by atoms with Crippen LogP contribution in [0.1, 0.15) is 5.56 Å². The van der Waals surface area contributed by atoms with Crippen LogP contribution < -0.4 is 0 Å². The van der Waals surface area contributed by atoms with Crippen LogP contribution in [0.25, 0.3) is 10.9 Å². The third-order valence-electron chi connectivity index (χ3n) is 2.37. The first-order chi connectivity index (χ1) is 8.65. The average Bonchev–Trinajstić information content (AvgIpc) is 2.38. The molecule has 0 aliphatic rings. The van der Waals surface area contributed by atoms with Gasteiger partial charge in [-0.1, -0.05) is 5.16 Å². The lowest BCUT2D eigenvalue weighted by atomic mass is 10.1. The molecule has 0 amide bonds. The van der Waals surface area contributed by atoms with Crippen molar-refractivity contribution in [3.8, 4) is 5.75 Å². The number of oxime groups is 1. The Balaban J connectivity index is 2.78. The predicted molar refractivity (Wildman–Crippen MR) is 64.7 cm³/mol. The largest absolute Gasteiger partial charge is 0.505 e. The minimum Gasteiger partial charge on any atom is -0.505 e. The highest BCUT2D eigenvalue weighted by Crippen LogP contribution is 2.33. The fourth-order valence-electron chi connectivity index (χ4n) is 1.59. The number of benzene rings is 1. The topological polar surface area (TPSA) is 97.9 Å². The van der Waals surface area contributed by atoms with Crippen molar-refractivity contribution in [1.82, 2.24) is 4.98 Å². The number of phenolic OH excluding ortho intramolecular Hbond substituents is 1. The molecule has 1 aromatic heterocycles. The summed E-state index contributed by atoms with van der Waals surface area (Å²) in [5.41, 5.74) is 0.187. The van der Waals surface area contributed by atoms with Gasteiger partial charge in [-0.25, -0.2) is 0 Å². The molecule has 1 N–H and O–H groups in total. The van der Waals surface area contributed by atoms with E-state index in [1.807, 2.05) is 0 Å². The molecule has 0 unspecified atom stereocenters. The molecule has 0 bridgehead atoms. The van der Waals surface area contributed by atoms with E-state index in [9.17, 15) is 15.2 Å². The Labute approximate surface area is 101 Å². The molecule has 0 atom stereocenters. The molecule has 0 aliphatic heterocycles. The van der Waals surface area contributed by atoms with Gasteiger partial charge in [-0.3, -0.25) is 15.1 Å². The molecule has 1 aromatic carbocycles. The number of hydrogen-bond donors (Lipinski definition) is 1. The third-order valence-corrected chi connectivity index (χ3v) is 2.37. The summed E-state index contributed by atoms with van der Waals surface area (Å²) < 4.78 is 0. The van der Waals surface area contributed by atoms with Gasteiger partial charge < -0.3 is 9.94 Å².